The van der Waals surface area contributed by atoms with Crippen LogP contribution in [0.5, 0.6) is 0 Å². The quantitative estimate of drug-likeness (QED) is 0.879. The number of nitrogens with zero attached hydrogens (tertiary/aromatic N) is 1. The van der Waals surface area contributed by atoms with Crippen molar-refractivity contribution in [3.8, 4) is 0 Å². The number of imide groups is 1. The zero-order valence-electron chi connectivity index (χ0n) is 16.0. The molecule has 0 aromatic heterocycles. The van der Waals surface area contributed by atoms with Gasteiger partial charge in [0.05, 0.1) is 12.1 Å². The van der Waals surface area contributed by atoms with E-state index in [0.717, 1.165) is 24.7 Å². The molecule has 1 saturated carbocycles. The van der Waals surface area contributed by atoms with Gasteiger partial charge in [-0.05, 0) is 46.1 Å². The van der Waals surface area contributed by atoms with Crippen molar-refractivity contribution in [1.82, 2.24) is 10.2 Å². The second kappa shape index (κ2) is 6.62. The molecule has 2 fully saturated rings. The standard InChI is InChI=1S/C20H25FN2O4/c1-19(2,3)27-18(26)23-14(12-8-6-5-7-9-12)15(20(4,21)17(23)25)22-16(24)13-10-11-13/h5-9,13-15H,10-11H2,1-4H3,(H,22,24)/t14-,15-,20?/m1/s1. The molecule has 1 aromatic rings. The Balaban J connectivity index is 2.01. The van der Waals surface area contributed by atoms with Crippen molar-refractivity contribution in [3.05, 3.63) is 35.9 Å². The lowest BCUT2D eigenvalue weighted by Gasteiger charge is -2.30. The van der Waals surface area contributed by atoms with Crippen LogP contribution in [0.4, 0.5) is 9.18 Å². The van der Waals surface area contributed by atoms with Crippen molar-refractivity contribution in [2.24, 2.45) is 5.92 Å². The van der Waals surface area contributed by atoms with Crippen molar-refractivity contribution in [3.63, 3.8) is 0 Å². The molecule has 1 aliphatic carbocycles. The average molecular weight is 376 g/mol. The maximum absolute atomic E-state index is 15.5. The highest BCUT2D eigenvalue weighted by molar-refractivity contribution is 6.01. The van der Waals surface area contributed by atoms with Crippen LogP contribution in [0.1, 0.15) is 52.1 Å². The van der Waals surface area contributed by atoms with Crippen LogP contribution in [-0.2, 0) is 14.3 Å². The van der Waals surface area contributed by atoms with Crippen LogP contribution in [0.3, 0.4) is 0 Å². The van der Waals surface area contributed by atoms with E-state index >= 15 is 4.39 Å². The third kappa shape index (κ3) is 3.82. The maximum Gasteiger partial charge on any atom is 0.417 e. The van der Waals surface area contributed by atoms with E-state index in [4.69, 9.17) is 4.74 Å². The number of hydrogen-bond acceptors (Lipinski definition) is 4. The lowest BCUT2D eigenvalue weighted by Crippen LogP contribution is -2.50. The summed E-state index contributed by atoms with van der Waals surface area (Å²) < 4.78 is 20.8. The van der Waals surface area contributed by atoms with E-state index in [-0.39, 0.29) is 11.8 Å². The second-order valence-corrected chi connectivity index (χ2v) is 8.35. The third-order valence-corrected chi connectivity index (χ3v) is 4.79. The van der Waals surface area contributed by atoms with Crippen LogP contribution in [0.25, 0.3) is 0 Å². The number of amides is 3. The first-order valence-electron chi connectivity index (χ1n) is 9.13. The van der Waals surface area contributed by atoms with Gasteiger partial charge in [0.1, 0.15) is 5.60 Å². The number of halogens is 1. The highest BCUT2D eigenvalue weighted by Gasteiger charge is 2.61. The molecule has 1 heterocycles. The number of ether oxygens (including phenoxy) is 1. The van der Waals surface area contributed by atoms with Gasteiger partial charge < -0.3 is 10.1 Å². The number of nitrogens with one attached hydrogen (secondary N) is 1. The molecule has 1 aliphatic heterocycles. The minimum Gasteiger partial charge on any atom is -0.443 e. The number of carbonyl (C=O) groups excluding carboxylic acids is 3. The van der Waals surface area contributed by atoms with E-state index in [1.165, 1.54) is 0 Å². The number of likely N-dealkylation sites (tertiary alicyclic amines) is 1. The first kappa shape index (κ1) is 19.3. The molecule has 2 aliphatic rings. The maximum atomic E-state index is 15.5. The van der Waals surface area contributed by atoms with Crippen LogP contribution < -0.4 is 5.32 Å². The molecule has 3 amide bonds. The Kier molecular flexibility index (Phi) is 4.74. The minimum atomic E-state index is -2.43. The molecule has 0 bridgehead atoms. The van der Waals surface area contributed by atoms with E-state index < -0.39 is 35.4 Å². The molecule has 7 heteroatoms. The van der Waals surface area contributed by atoms with Gasteiger partial charge >= 0.3 is 6.09 Å². The van der Waals surface area contributed by atoms with Crippen LogP contribution >= 0.6 is 0 Å². The number of rotatable bonds is 3. The highest BCUT2D eigenvalue weighted by atomic mass is 19.1. The normalized spacial score (nSPS) is 28.2. The zero-order chi connectivity index (χ0) is 20.0. The van der Waals surface area contributed by atoms with E-state index in [1.54, 1.807) is 51.1 Å². The fourth-order valence-electron chi connectivity index (χ4n) is 3.27. The van der Waals surface area contributed by atoms with Crippen molar-refractivity contribution in [1.29, 1.82) is 0 Å². The van der Waals surface area contributed by atoms with Gasteiger partial charge in [-0.25, -0.2) is 14.1 Å². The summed E-state index contributed by atoms with van der Waals surface area (Å²) in [5.74, 6) is -1.45. The average Bonchev–Trinajstić information content (AvgIpc) is 3.38. The Labute approximate surface area is 158 Å². The predicted molar refractivity (Wildman–Crippen MR) is 96.4 cm³/mol. The fraction of sp³-hybridized carbons (Fsp3) is 0.550. The van der Waals surface area contributed by atoms with Crippen molar-refractivity contribution >= 4 is 17.9 Å². The Bertz CT molecular complexity index is 753. The largest absolute Gasteiger partial charge is 0.443 e. The molecule has 0 spiro atoms. The van der Waals surface area contributed by atoms with Gasteiger partial charge in [-0.2, -0.15) is 0 Å². The Morgan fingerprint density at radius 3 is 2.33 bits per heavy atom. The van der Waals surface area contributed by atoms with Crippen LogP contribution in [0.15, 0.2) is 30.3 Å². The van der Waals surface area contributed by atoms with E-state index in [2.05, 4.69) is 5.32 Å². The molecule has 1 aromatic carbocycles. The van der Waals surface area contributed by atoms with Crippen molar-refractivity contribution < 1.29 is 23.5 Å². The van der Waals surface area contributed by atoms with Gasteiger partial charge in [0, 0.05) is 5.92 Å². The summed E-state index contributed by atoms with van der Waals surface area (Å²) in [5.41, 5.74) is -2.72. The van der Waals surface area contributed by atoms with Gasteiger partial charge in [0.25, 0.3) is 5.91 Å². The highest BCUT2D eigenvalue weighted by Crippen LogP contribution is 2.43. The van der Waals surface area contributed by atoms with E-state index in [1.807, 2.05) is 0 Å². The molecule has 3 atom stereocenters. The summed E-state index contributed by atoms with van der Waals surface area (Å²) in [6, 6.07) is 6.49. The van der Waals surface area contributed by atoms with E-state index in [0.29, 0.717) is 5.56 Å². The molecule has 1 saturated heterocycles. The summed E-state index contributed by atoms with van der Waals surface area (Å²) in [6.07, 6.45) is 0.580. The van der Waals surface area contributed by atoms with Gasteiger partial charge in [-0.1, -0.05) is 30.3 Å². The lowest BCUT2D eigenvalue weighted by molar-refractivity contribution is -0.137. The van der Waals surface area contributed by atoms with Crippen LogP contribution in [0, 0.1) is 5.92 Å². The Hall–Kier alpha value is -2.44. The molecule has 6 nitrogen and oxygen atoms in total. The van der Waals surface area contributed by atoms with Crippen molar-refractivity contribution in [2.45, 2.75) is 63.9 Å². The Morgan fingerprint density at radius 2 is 1.81 bits per heavy atom. The van der Waals surface area contributed by atoms with Gasteiger partial charge in [0.15, 0.2) is 0 Å². The first-order chi connectivity index (χ1) is 12.5. The Morgan fingerprint density at radius 1 is 1.22 bits per heavy atom. The van der Waals surface area contributed by atoms with Crippen molar-refractivity contribution in [2.75, 3.05) is 0 Å². The molecule has 1 N–H and O–H groups in total. The second-order valence-electron chi connectivity index (χ2n) is 8.35. The summed E-state index contributed by atoms with van der Waals surface area (Å²) >= 11 is 0. The van der Waals surface area contributed by atoms with Gasteiger partial charge in [0.2, 0.25) is 11.6 Å². The topological polar surface area (TPSA) is 75.7 Å². The van der Waals surface area contributed by atoms with Crippen LogP contribution in [-0.4, -0.2) is 40.1 Å². The molecule has 3 rings (SSSR count). The van der Waals surface area contributed by atoms with E-state index in [9.17, 15) is 14.4 Å². The van der Waals surface area contributed by atoms with Crippen LogP contribution in [0.2, 0.25) is 0 Å². The van der Waals surface area contributed by atoms with Gasteiger partial charge in [-0.3, -0.25) is 9.59 Å². The SMILES string of the molecule is CC(C)(C)OC(=O)N1C(=O)C(C)(F)[C@H](NC(=O)C2CC2)[C@H]1c1ccccc1. The summed E-state index contributed by atoms with van der Waals surface area (Å²) in [5, 5.41) is 2.67. The first-order valence-corrected chi connectivity index (χ1v) is 9.13. The summed E-state index contributed by atoms with van der Waals surface area (Å²) in [4.78, 5) is 38.7. The summed E-state index contributed by atoms with van der Waals surface area (Å²) in [7, 11) is 0. The molecule has 146 valence electrons. The lowest BCUT2D eigenvalue weighted by atomic mass is 9.92. The molecular formula is C20H25FN2O4. The fourth-order valence-corrected chi connectivity index (χ4v) is 3.27. The zero-order valence-corrected chi connectivity index (χ0v) is 16.0. The minimum absolute atomic E-state index is 0.150. The smallest absolute Gasteiger partial charge is 0.417 e. The monoisotopic (exact) mass is 376 g/mol. The molecule has 1 unspecified atom stereocenters. The number of benzene rings is 1. The number of alkyl halides is 1. The number of hydrogen-bond donors (Lipinski definition) is 1. The van der Waals surface area contributed by atoms with Gasteiger partial charge in [-0.15, -0.1) is 0 Å². The molecule has 0 radical (unpaired) electrons. The predicted octanol–water partition coefficient (Wildman–Crippen LogP) is 3.13. The number of carbonyl (C=O) groups is 3. The molecular weight excluding hydrogens is 351 g/mol. The molecule has 27 heavy (non-hydrogen) atoms. The third-order valence-electron chi connectivity index (χ3n) is 4.79. The summed E-state index contributed by atoms with van der Waals surface area (Å²) in [6.45, 7) is 6.12.